The maximum atomic E-state index is 9.82. The Kier molecular flexibility index (Phi) is 4.83. The van der Waals surface area contributed by atoms with Crippen LogP contribution >= 0.6 is 0 Å². The predicted molar refractivity (Wildman–Crippen MR) is 76.8 cm³/mol. The zero-order chi connectivity index (χ0) is 13.7. The average molecular weight is 263 g/mol. The first-order chi connectivity index (χ1) is 9.13. The molecule has 0 amide bonds. The van der Waals surface area contributed by atoms with E-state index in [-0.39, 0.29) is 12.0 Å². The van der Waals surface area contributed by atoms with Crippen molar-refractivity contribution in [2.75, 3.05) is 19.7 Å². The molecule has 0 unspecified atom stereocenters. The fraction of sp³-hybridized carbons (Fsp3) is 0.625. The fourth-order valence-corrected chi connectivity index (χ4v) is 2.87. The highest BCUT2D eigenvalue weighted by Crippen LogP contribution is 2.34. The number of piperidine rings is 1. The Hall–Kier alpha value is -1.06. The van der Waals surface area contributed by atoms with Crippen LogP contribution in [0.1, 0.15) is 38.7 Å². The van der Waals surface area contributed by atoms with E-state index in [0.717, 1.165) is 38.9 Å². The topological polar surface area (TPSA) is 36.6 Å². The number of nitrogens with zero attached hydrogens (tertiary/aromatic N) is 1. The molecule has 2 rings (SSSR count). The van der Waals surface area contributed by atoms with Gasteiger partial charge in [-0.2, -0.15) is 0 Å². The second kappa shape index (κ2) is 6.40. The summed E-state index contributed by atoms with van der Waals surface area (Å²) in [6.07, 6.45) is 9.06. The minimum absolute atomic E-state index is 0.0409. The van der Waals surface area contributed by atoms with E-state index in [4.69, 9.17) is 4.42 Å². The van der Waals surface area contributed by atoms with Crippen LogP contribution in [0.2, 0.25) is 0 Å². The maximum Gasteiger partial charge on any atom is 0.0947 e. The van der Waals surface area contributed by atoms with Crippen LogP contribution in [0, 0.1) is 5.41 Å². The second-order valence-electron chi connectivity index (χ2n) is 6.09. The van der Waals surface area contributed by atoms with Crippen LogP contribution in [-0.4, -0.2) is 29.7 Å². The van der Waals surface area contributed by atoms with Gasteiger partial charge in [0.15, 0.2) is 0 Å². The Balaban J connectivity index is 1.99. The SMILES string of the molecule is CC(C)=CC[C@@]1(CO)CCCN(Cc2ccoc2)C1. The second-order valence-corrected chi connectivity index (χ2v) is 6.09. The van der Waals surface area contributed by atoms with Gasteiger partial charge in [-0.3, -0.25) is 4.90 Å². The third-order valence-corrected chi connectivity index (χ3v) is 4.01. The van der Waals surface area contributed by atoms with Crippen molar-refractivity contribution in [2.24, 2.45) is 5.41 Å². The molecule has 0 spiro atoms. The molecule has 1 aromatic heterocycles. The highest BCUT2D eigenvalue weighted by molar-refractivity contribution is 5.06. The Labute approximate surface area is 115 Å². The first-order valence-corrected chi connectivity index (χ1v) is 7.11. The van der Waals surface area contributed by atoms with Gasteiger partial charge in [0, 0.05) is 24.1 Å². The average Bonchev–Trinajstić information content (AvgIpc) is 2.90. The lowest BCUT2D eigenvalue weighted by Crippen LogP contribution is -2.44. The summed E-state index contributed by atoms with van der Waals surface area (Å²) in [7, 11) is 0. The highest BCUT2D eigenvalue weighted by atomic mass is 16.3. The summed E-state index contributed by atoms with van der Waals surface area (Å²) in [4.78, 5) is 2.43. The normalized spacial score (nSPS) is 24.4. The number of aliphatic hydroxyl groups is 1. The molecule has 1 aliphatic rings. The van der Waals surface area contributed by atoms with E-state index in [2.05, 4.69) is 24.8 Å². The first-order valence-electron chi connectivity index (χ1n) is 7.11. The first kappa shape index (κ1) is 14.4. The van der Waals surface area contributed by atoms with Crippen molar-refractivity contribution in [3.8, 4) is 0 Å². The molecule has 19 heavy (non-hydrogen) atoms. The molecule has 0 bridgehead atoms. The number of allylic oxidation sites excluding steroid dienone is 2. The van der Waals surface area contributed by atoms with Gasteiger partial charge >= 0.3 is 0 Å². The molecule has 106 valence electrons. The predicted octanol–water partition coefficient (Wildman–Crippen LogP) is 3.21. The molecule has 3 nitrogen and oxygen atoms in total. The van der Waals surface area contributed by atoms with Gasteiger partial charge in [-0.05, 0) is 45.7 Å². The summed E-state index contributed by atoms with van der Waals surface area (Å²) in [6.45, 7) is 7.53. The van der Waals surface area contributed by atoms with E-state index in [0.29, 0.717) is 0 Å². The molecule has 1 aliphatic heterocycles. The maximum absolute atomic E-state index is 9.82. The minimum Gasteiger partial charge on any atom is -0.472 e. The van der Waals surface area contributed by atoms with Crippen molar-refractivity contribution in [1.82, 2.24) is 4.90 Å². The third-order valence-electron chi connectivity index (χ3n) is 4.01. The number of aliphatic hydroxyl groups excluding tert-OH is 1. The van der Waals surface area contributed by atoms with Gasteiger partial charge < -0.3 is 9.52 Å². The zero-order valence-electron chi connectivity index (χ0n) is 12.1. The zero-order valence-corrected chi connectivity index (χ0v) is 12.1. The Morgan fingerprint density at radius 2 is 2.37 bits per heavy atom. The number of hydrogen-bond acceptors (Lipinski definition) is 3. The molecule has 1 N–H and O–H groups in total. The lowest BCUT2D eigenvalue weighted by molar-refractivity contribution is 0.0306. The van der Waals surface area contributed by atoms with Gasteiger partial charge in [0.2, 0.25) is 0 Å². The highest BCUT2D eigenvalue weighted by Gasteiger charge is 2.33. The van der Waals surface area contributed by atoms with Crippen LogP contribution in [0.15, 0.2) is 34.7 Å². The molecule has 0 saturated carbocycles. The molecular weight excluding hydrogens is 238 g/mol. The largest absolute Gasteiger partial charge is 0.472 e. The van der Waals surface area contributed by atoms with Crippen molar-refractivity contribution >= 4 is 0 Å². The Morgan fingerprint density at radius 3 is 3.00 bits per heavy atom. The summed E-state index contributed by atoms with van der Waals surface area (Å²) in [6, 6.07) is 2.02. The van der Waals surface area contributed by atoms with Crippen molar-refractivity contribution in [2.45, 2.75) is 39.7 Å². The molecule has 1 aromatic rings. The monoisotopic (exact) mass is 263 g/mol. The van der Waals surface area contributed by atoms with Gasteiger partial charge in [0.25, 0.3) is 0 Å². The van der Waals surface area contributed by atoms with E-state index < -0.39 is 0 Å². The van der Waals surface area contributed by atoms with Gasteiger partial charge in [0.1, 0.15) is 0 Å². The van der Waals surface area contributed by atoms with Crippen LogP contribution in [-0.2, 0) is 6.54 Å². The smallest absolute Gasteiger partial charge is 0.0947 e. The Morgan fingerprint density at radius 1 is 1.53 bits per heavy atom. The van der Waals surface area contributed by atoms with E-state index in [9.17, 15) is 5.11 Å². The van der Waals surface area contributed by atoms with E-state index in [1.54, 1.807) is 6.26 Å². The lowest BCUT2D eigenvalue weighted by Gasteiger charge is -2.41. The third kappa shape index (κ3) is 3.95. The standard InChI is InChI=1S/C16H25NO2/c1-14(2)4-7-16(13-18)6-3-8-17(12-16)10-15-5-9-19-11-15/h4-5,9,11,18H,3,6-8,10,12-13H2,1-2H3/t16-/m0/s1. The molecule has 1 atom stereocenters. The summed E-state index contributed by atoms with van der Waals surface area (Å²) >= 11 is 0. The lowest BCUT2D eigenvalue weighted by atomic mass is 9.77. The molecule has 0 aromatic carbocycles. The molecule has 0 radical (unpaired) electrons. The van der Waals surface area contributed by atoms with E-state index in [1.165, 1.54) is 11.1 Å². The van der Waals surface area contributed by atoms with Crippen LogP contribution in [0.5, 0.6) is 0 Å². The fourth-order valence-electron chi connectivity index (χ4n) is 2.87. The number of hydrogen-bond donors (Lipinski definition) is 1. The van der Waals surface area contributed by atoms with E-state index in [1.807, 2.05) is 12.3 Å². The van der Waals surface area contributed by atoms with Gasteiger partial charge in [-0.25, -0.2) is 0 Å². The summed E-state index contributed by atoms with van der Waals surface area (Å²) in [5.74, 6) is 0. The van der Waals surface area contributed by atoms with Crippen molar-refractivity contribution in [1.29, 1.82) is 0 Å². The van der Waals surface area contributed by atoms with Gasteiger partial charge in [-0.1, -0.05) is 11.6 Å². The summed E-state index contributed by atoms with van der Waals surface area (Å²) in [5.41, 5.74) is 2.59. The number of furan rings is 1. The van der Waals surface area contributed by atoms with Crippen molar-refractivity contribution < 1.29 is 9.52 Å². The molecule has 3 heteroatoms. The summed E-state index contributed by atoms with van der Waals surface area (Å²) < 4.78 is 5.13. The minimum atomic E-state index is 0.0409. The van der Waals surface area contributed by atoms with E-state index >= 15 is 0 Å². The number of rotatable bonds is 5. The van der Waals surface area contributed by atoms with Crippen LogP contribution in [0.25, 0.3) is 0 Å². The van der Waals surface area contributed by atoms with Crippen LogP contribution < -0.4 is 0 Å². The van der Waals surface area contributed by atoms with Crippen molar-refractivity contribution in [3.63, 3.8) is 0 Å². The summed E-state index contributed by atoms with van der Waals surface area (Å²) in [5, 5.41) is 9.82. The molecule has 0 aliphatic carbocycles. The molecule has 1 fully saturated rings. The van der Waals surface area contributed by atoms with Crippen LogP contribution in [0.3, 0.4) is 0 Å². The molecular formula is C16H25NO2. The van der Waals surface area contributed by atoms with Crippen molar-refractivity contribution in [3.05, 3.63) is 35.8 Å². The molecule has 2 heterocycles. The quantitative estimate of drug-likeness (QED) is 0.829. The Bertz CT molecular complexity index is 406. The number of likely N-dealkylation sites (tertiary alicyclic amines) is 1. The van der Waals surface area contributed by atoms with Crippen LogP contribution in [0.4, 0.5) is 0 Å². The molecule has 1 saturated heterocycles. The van der Waals surface area contributed by atoms with Gasteiger partial charge in [-0.15, -0.1) is 0 Å². The van der Waals surface area contributed by atoms with Gasteiger partial charge in [0.05, 0.1) is 19.1 Å².